The molecule has 1 aliphatic rings. The lowest BCUT2D eigenvalue weighted by molar-refractivity contribution is -0.900. The summed E-state index contributed by atoms with van der Waals surface area (Å²) in [6, 6.07) is 16.3. The Morgan fingerprint density at radius 3 is 2.38 bits per heavy atom. The van der Waals surface area contributed by atoms with Gasteiger partial charge in [-0.25, -0.2) is 4.39 Å². The van der Waals surface area contributed by atoms with Gasteiger partial charge in [0.1, 0.15) is 5.82 Å². The molecule has 0 radical (unpaired) electrons. The van der Waals surface area contributed by atoms with Gasteiger partial charge in [-0.15, -0.1) is 0 Å². The van der Waals surface area contributed by atoms with Gasteiger partial charge in [-0.05, 0) is 36.4 Å². The van der Waals surface area contributed by atoms with Crippen molar-refractivity contribution in [2.45, 2.75) is 6.42 Å². The van der Waals surface area contributed by atoms with Crippen LogP contribution in [0.2, 0.25) is 0 Å². The molecule has 0 saturated carbocycles. The van der Waals surface area contributed by atoms with Crippen LogP contribution in [0.15, 0.2) is 54.6 Å². The van der Waals surface area contributed by atoms with Crippen LogP contribution < -0.4 is 15.1 Å². The molecule has 126 valence electrons. The Kier molecular flexibility index (Phi) is 5.43. The number of anilines is 2. The van der Waals surface area contributed by atoms with E-state index in [2.05, 4.69) is 34.5 Å². The van der Waals surface area contributed by atoms with Crippen LogP contribution in [0.5, 0.6) is 0 Å². The molecule has 1 aliphatic heterocycles. The van der Waals surface area contributed by atoms with Gasteiger partial charge in [0.25, 0.3) is 0 Å². The average molecular weight is 328 g/mol. The lowest BCUT2D eigenvalue weighted by atomic mass is 10.2. The first-order valence-corrected chi connectivity index (χ1v) is 8.40. The Morgan fingerprint density at radius 1 is 1.04 bits per heavy atom. The number of hydrogen-bond acceptors (Lipinski definition) is 2. The van der Waals surface area contributed by atoms with Crippen molar-refractivity contribution in [2.75, 3.05) is 42.9 Å². The summed E-state index contributed by atoms with van der Waals surface area (Å²) in [5.41, 5.74) is 1.91. The quantitative estimate of drug-likeness (QED) is 0.874. The van der Waals surface area contributed by atoms with Crippen LogP contribution in [-0.4, -0.2) is 38.6 Å². The summed E-state index contributed by atoms with van der Waals surface area (Å²) < 4.78 is 12.8. The van der Waals surface area contributed by atoms with Crippen LogP contribution in [0.1, 0.15) is 6.42 Å². The molecule has 1 fully saturated rings. The van der Waals surface area contributed by atoms with Gasteiger partial charge in [0.05, 0.1) is 39.1 Å². The minimum atomic E-state index is -0.297. The van der Waals surface area contributed by atoms with Gasteiger partial charge in [-0.1, -0.05) is 18.2 Å². The maximum atomic E-state index is 12.8. The lowest BCUT2D eigenvalue weighted by Gasteiger charge is -2.33. The molecule has 1 heterocycles. The number of rotatable bonds is 5. The molecule has 0 spiro atoms. The van der Waals surface area contributed by atoms with E-state index in [9.17, 15) is 9.18 Å². The van der Waals surface area contributed by atoms with Crippen LogP contribution >= 0.6 is 0 Å². The van der Waals surface area contributed by atoms with Gasteiger partial charge in [0.15, 0.2) is 0 Å². The normalized spacial score (nSPS) is 15.3. The highest BCUT2D eigenvalue weighted by atomic mass is 19.1. The first-order valence-electron chi connectivity index (χ1n) is 8.40. The minimum absolute atomic E-state index is 0.0143. The highest BCUT2D eigenvalue weighted by Crippen LogP contribution is 2.12. The standard InChI is InChI=1S/C19H22FN3O/c20-16-6-8-17(9-7-16)21-19(24)10-11-22-12-14-23(15-13-22)18-4-2-1-3-5-18/h1-9H,10-15H2,(H,21,24)/p+1. The van der Waals surface area contributed by atoms with Crippen molar-refractivity contribution >= 4 is 17.3 Å². The van der Waals surface area contributed by atoms with Crippen LogP contribution in [0, 0.1) is 5.82 Å². The molecule has 0 aliphatic carbocycles. The van der Waals surface area contributed by atoms with Crippen molar-refractivity contribution in [1.82, 2.24) is 0 Å². The number of nitrogens with one attached hydrogen (secondary N) is 2. The number of piperazine rings is 1. The molecular formula is C19H23FN3O+. The first kappa shape index (κ1) is 16.5. The van der Waals surface area contributed by atoms with Gasteiger partial charge in [-0.3, -0.25) is 4.79 Å². The number of benzene rings is 2. The van der Waals surface area contributed by atoms with E-state index in [1.807, 2.05) is 6.07 Å². The summed E-state index contributed by atoms with van der Waals surface area (Å²) in [7, 11) is 0. The summed E-state index contributed by atoms with van der Waals surface area (Å²) in [5, 5.41) is 2.81. The fraction of sp³-hybridized carbons (Fsp3) is 0.316. The molecule has 1 amide bonds. The summed E-state index contributed by atoms with van der Waals surface area (Å²) in [5.74, 6) is -0.312. The van der Waals surface area contributed by atoms with Crippen LogP contribution in [0.25, 0.3) is 0 Å². The number of carbonyl (C=O) groups is 1. The Balaban J connectivity index is 1.40. The Hall–Kier alpha value is -2.40. The van der Waals surface area contributed by atoms with Crippen LogP contribution in [0.3, 0.4) is 0 Å². The molecule has 0 atom stereocenters. The van der Waals surface area contributed by atoms with Crippen molar-refractivity contribution < 1.29 is 14.1 Å². The topological polar surface area (TPSA) is 36.8 Å². The van der Waals surface area contributed by atoms with Gasteiger partial charge >= 0.3 is 0 Å². The highest BCUT2D eigenvalue weighted by molar-refractivity contribution is 5.90. The van der Waals surface area contributed by atoms with Crippen LogP contribution in [-0.2, 0) is 4.79 Å². The first-order chi connectivity index (χ1) is 11.7. The van der Waals surface area contributed by atoms with Gasteiger partial charge in [0.2, 0.25) is 5.91 Å². The smallest absolute Gasteiger partial charge is 0.230 e. The summed E-state index contributed by atoms with van der Waals surface area (Å²) in [4.78, 5) is 15.8. The second kappa shape index (κ2) is 7.93. The zero-order valence-corrected chi connectivity index (χ0v) is 13.7. The largest absolute Gasteiger partial charge is 0.360 e. The molecule has 3 rings (SSSR count). The predicted octanol–water partition coefficient (Wildman–Crippen LogP) is 1.56. The summed E-state index contributed by atoms with van der Waals surface area (Å²) in [6.07, 6.45) is 0.484. The fourth-order valence-corrected chi connectivity index (χ4v) is 3.02. The van der Waals surface area contributed by atoms with Crippen molar-refractivity contribution in [3.8, 4) is 0 Å². The van der Waals surface area contributed by atoms with E-state index in [1.54, 1.807) is 12.1 Å². The van der Waals surface area contributed by atoms with E-state index in [0.29, 0.717) is 12.1 Å². The number of hydrogen-bond donors (Lipinski definition) is 2. The van der Waals surface area contributed by atoms with Crippen molar-refractivity contribution in [3.05, 3.63) is 60.4 Å². The van der Waals surface area contributed by atoms with E-state index >= 15 is 0 Å². The molecule has 1 saturated heterocycles. The van der Waals surface area contributed by atoms with E-state index in [4.69, 9.17) is 0 Å². The molecule has 24 heavy (non-hydrogen) atoms. The highest BCUT2D eigenvalue weighted by Gasteiger charge is 2.20. The SMILES string of the molecule is O=C(CC[NH+]1CCN(c2ccccc2)CC1)Nc1ccc(F)cc1. The van der Waals surface area contributed by atoms with E-state index in [-0.39, 0.29) is 11.7 Å². The molecule has 0 unspecified atom stereocenters. The Bertz CT molecular complexity index is 652. The molecule has 0 bridgehead atoms. The third kappa shape index (κ3) is 4.55. The molecule has 5 heteroatoms. The number of halogens is 1. The number of carbonyl (C=O) groups excluding carboxylic acids is 1. The number of para-hydroxylation sites is 1. The number of nitrogens with zero attached hydrogens (tertiary/aromatic N) is 1. The molecule has 4 nitrogen and oxygen atoms in total. The van der Waals surface area contributed by atoms with Gasteiger partial charge in [0, 0.05) is 11.4 Å². The second-order valence-corrected chi connectivity index (χ2v) is 6.13. The Morgan fingerprint density at radius 2 is 1.71 bits per heavy atom. The molecule has 2 aromatic rings. The van der Waals surface area contributed by atoms with Gasteiger partial charge < -0.3 is 15.1 Å². The van der Waals surface area contributed by atoms with E-state index < -0.39 is 0 Å². The zero-order valence-electron chi connectivity index (χ0n) is 13.7. The average Bonchev–Trinajstić information content (AvgIpc) is 2.63. The maximum Gasteiger partial charge on any atom is 0.230 e. The Labute approximate surface area is 141 Å². The van der Waals surface area contributed by atoms with Crippen molar-refractivity contribution in [3.63, 3.8) is 0 Å². The predicted molar refractivity (Wildman–Crippen MR) is 93.9 cm³/mol. The third-order valence-electron chi connectivity index (χ3n) is 4.43. The number of amides is 1. The summed E-state index contributed by atoms with van der Waals surface area (Å²) in [6.45, 7) is 4.94. The van der Waals surface area contributed by atoms with Crippen molar-refractivity contribution in [2.24, 2.45) is 0 Å². The van der Waals surface area contributed by atoms with E-state index in [0.717, 1.165) is 32.7 Å². The maximum absolute atomic E-state index is 12.8. The number of quaternary nitrogens is 1. The summed E-state index contributed by atoms with van der Waals surface area (Å²) >= 11 is 0. The van der Waals surface area contributed by atoms with Gasteiger partial charge in [-0.2, -0.15) is 0 Å². The van der Waals surface area contributed by atoms with Crippen molar-refractivity contribution in [1.29, 1.82) is 0 Å². The molecule has 0 aromatic heterocycles. The third-order valence-corrected chi connectivity index (χ3v) is 4.43. The second-order valence-electron chi connectivity index (χ2n) is 6.13. The lowest BCUT2D eigenvalue weighted by Crippen LogP contribution is -3.15. The molecule has 2 N–H and O–H groups in total. The molecule has 2 aromatic carbocycles. The fourth-order valence-electron chi connectivity index (χ4n) is 3.02. The van der Waals surface area contributed by atoms with E-state index in [1.165, 1.54) is 22.7 Å². The molecular weight excluding hydrogens is 305 g/mol. The zero-order chi connectivity index (χ0) is 16.8. The monoisotopic (exact) mass is 328 g/mol. The van der Waals surface area contributed by atoms with Crippen LogP contribution in [0.4, 0.5) is 15.8 Å². The minimum Gasteiger partial charge on any atom is -0.360 e.